The van der Waals surface area contributed by atoms with Gasteiger partial charge >= 0.3 is 0 Å². The van der Waals surface area contributed by atoms with Crippen molar-refractivity contribution in [2.45, 2.75) is 19.4 Å². The van der Waals surface area contributed by atoms with E-state index in [1.165, 1.54) is 5.69 Å². The molecule has 132 valence electrons. The van der Waals surface area contributed by atoms with Crippen LogP contribution in [0.25, 0.3) is 0 Å². The number of anilines is 1. The van der Waals surface area contributed by atoms with Crippen molar-refractivity contribution >= 4 is 23.2 Å². The lowest BCUT2D eigenvalue weighted by Gasteiger charge is -2.37. The number of halogens is 1. The van der Waals surface area contributed by atoms with Gasteiger partial charge < -0.3 is 14.5 Å². The number of carbonyl (C=O) groups is 1. The van der Waals surface area contributed by atoms with Gasteiger partial charge in [0.15, 0.2) is 6.10 Å². The molecule has 3 rings (SSSR count). The molecule has 5 heteroatoms. The topological polar surface area (TPSA) is 32.8 Å². The first-order valence-corrected chi connectivity index (χ1v) is 9.06. The van der Waals surface area contributed by atoms with E-state index in [2.05, 4.69) is 17.0 Å². The summed E-state index contributed by atoms with van der Waals surface area (Å²) >= 11 is 5.99. The van der Waals surface area contributed by atoms with Crippen LogP contribution in [0.3, 0.4) is 0 Å². The third kappa shape index (κ3) is 4.45. The zero-order valence-corrected chi connectivity index (χ0v) is 15.2. The fraction of sp³-hybridized carbons (Fsp3) is 0.350. The lowest BCUT2D eigenvalue weighted by Crippen LogP contribution is -2.52. The van der Waals surface area contributed by atoms with Gasteiger partial charge in [-0.1, -0.05) is 42.8 Å². The summed E-state index contributed by atoms with van der Waals surface area (Å²) in [6.07, 6.45) is 0.159. The lowest BCUT2D eigenvalue weighted by atomic mass is 10.2. The Labute approximate surface area is 154 Å². The van der Waals surface area contributed by atoms with Crippen molar-refractivity contribution in [2.24, 2.45) is 0 Å². The van der Waals surface area contributed by atoms with Crippen molar-refractivity contribution < 1.29 is 9.53 Å². The smallest absolute Gasteiger partial charge is 0.263 e. The van der Waals surface area contributed by atoms with Gasteiger partial charge in [0.1, 0.15) is 5.75 Å². The first-order valence-electron chi connectivity index (χ1n) is 8.68. The Bertz CT molecular complexity index is 700. The van der Waals surface area contributed by atoms with Crippen LogP contribution < -0.4 is 9.64 Å². The Morgan fingerprint density at radius 3 is 2.44 bits per heavy atom. The van der Waals surface area contributed by atoms with Crippen LogP contribution in [0, 0.1) is 0 Å². The zero-order chi connectivity index (χ0) is 17.6. The molecule has 0 N–H and O–H groups in total. The van der Waals surface area contributed by atoms with Crippen molar-refractivity contribution in [3.8, 4) is 5.75 Å². The number of amides is 1. The SMILES string of the molecule is CCC(Oc1cccc(Cl)c1)C(=O)N1CCN(c2ccccc2)CC1. The van der Waals surface area contributed by atoms with Gasteiger partial charge in [-0.2, -0.15) is 0 Å². The lowest BCUT2D eigenvalue weighted by molar-refractivity contribution is -0.139. The van der Waals surface area contributed by atoms with E-state index in [1.807, 2.05) is 42.2 Å². The van der Waals surface area contributed by atoms with Crippen molar-refractivity contribution in [1.29, 1.82) is 0 Å². The van der Waals surface area contributed by atoms with E-state index in [4.69, 9.17) is 16.3 Å². The standard InChI is InChI=1S/C20H23ClN2O2/c1-2-19(25-18-10-6-7-16(21)15-18)20(24)23-13-11-22(12-14-23)17-8-4-3-5-9-17/h3-10,15,19H,2,11-14H2,1H3. The number of nitrogens with zero attached hydrogens (tertiary/aromatic N) is 2. The molecule has 25 heavy (non-hydrogen) atoms. The molecule has 1 aliphatic rings. The van der Waals surface area contributed by atoms with Gasteiger partial charge in [0, 0.05) is 36.9 Å². The molecule has 0 radical (unpaired) electrons. The number of hydrogen-bond acceptors (Lipinski definition) is 3. The minimum Gasteiger partial charge on any atom is -0.481 e. The number of piperazine rings is 1. The van der Waals surface area contributed by atoms with Crippen LogP contribution in [0.2, 0.25) is 5.02 Å². The van der Waals surface area contributed by atoms with Gasteiger partial charge in [0.05, 0.1) is 0 Å². The summed E-state index contributed by atoms with van der Waals surface area (Å²) < 4.78 is 5.88. The van der Waals surface area contributed by atoms with Crippen LogP contribution in [-0.4, -0.2) is 43.1 Å². The molecule has 1 amide bonds. The summed E-state index contributed by atoms with van der Waals surface area (Å²) in [4.78, 5) is 17.0. The predicted molar refractivity (Wildman–Crippen MR) is 101 cm³/mol. The van der Waals surface area contributed by atoms with E-state index >= 15 is 0 Å². The Morgan fingerprint density at radius 2 is 1.80 bits per heavy atom. The van der Waals surface area contributed by atoms with Crippen LogP contribution in [-0.2, 0) is 4.79 Å². The summed E-state index contributed by atoms with van der Waals surface area (Å²) in [7, 11) is 0. The average molecular weight is 359 g/mol. The Hall–Kier alpha value is -2.20. The van der Waals surface area contributed by atoms with E-state index in [1.54, 1.807) is 12.1 Å². The Morgan fingerprint density at radius 1 is 1.08 bits per heavy atom. The maximum atomic E-state index is 12.8. The van der Waals surface area contributed by atoms with Crippen LogP contribution in [0.5, 0.6) is 5.75 Å². The molecule has 0 aliphatic carbocycles. The fourth-order valence-electron chi connectivity index (χ4n) is 3.04. The summed E-state index contributed by atoms with van der Waals surface area (Å²) in [5, 5.41) is 0.608. The predicted octanol–water partition coefficient (Wildman–Crippen LogP) is 3.85. The van der Waals surface area contributed by atoms with Crippen LogP contribution in [0.15, 0.2) is 54.6 Å². The Balaban J connectivity index is 1.59. The second-order valence-electron chi connectivity index (χ2n) is 6.12. The van der Waals surface area contributed by atoms with Crippen LogP contribution in [0.4, 0.5) is 5.69 Å². The fourth-order valence-corrected chi connectivity index (χ4v) is 3.22. The van der Waals surface area contributed by atoms with Crippen molar-refractivity contribution in [3.63, 3.8) is 0 Å². The Kier molecular flexibility index (Phi) is 5.82. The van der Waals surface area contributed by atoms with Crippen molar-refractivity contribution in [2.75, 3.05) is 31.1 Å². The molecule has 1 atom stereocenters. The van der Waals surface area contributed by atoms with Crippen LogP contribution in [0.1, 0.15) is 13.3 Å². The first kappa shape index (κ1) is 17.6. The minimum absolute atomic E-state index is 0.0511. The van der Waals surface area contributed by atoms with Crippen molar-refractivity contribution in [3.05, 3.63) is 59.6 Å². The van der Waals surface area contributed by atoms with E-state index in [0.717, 1.165) is 13.1 Å². The number of hydrogen-bond donors (Lipinski definition) is 0. The van der Waals surface area contributed by atoms with Crippen LogP contribution >= 0.6 is 11.6 Å². The number of para-hydroxylation sites is 1. The summed E-state index contributed by atoms with van der Waals surface area (Å²) in [5.41, 5.74) is 1.21. The molecular weight excluding hydrogens is 336 g/mol. The van der Waals surface area contributed by atoms with E-state index < -0.39 is 6.10 Å². The molecule has 0 saturated carbocycles. The zero-order valence-electron chi connectivity index (χ0n) is 14.4. The third-order valence-electron chi connectivity index (χ3n) is 4.43. The molecule has 1 unspecified atom stereocenters. The highest BCUT2D eigenvalue weighted by Gasteiger charge is 2.28. The number of carbonyl (C=O) groups excluding carboxylic acids is 1. The molecule has 0 aromatic heterocycles. The highest BCUT2D eigenvalue weighted by atomic mass is 35.5. The van der Waals surface area contributed by atoms with Gasteiger partial charge in [-0.3, -0.25) is 4.79 Å². The largest absolute Gasteiger partial charge is 0.481 e. The first-order chi connectivity index (χ1) is 12.2. The second kappa shape index (κ2) is 8.26. The molecule has 1 fully saturated rings. The number of rotatable bonds is 5. The second-order valence-corrected chi connectivity index (χ2v) is 6.56. The molecule has 1 heterocycles. The maximum Gasteiger partial charge on any atom is 0.263 e. The van der Waals surface area contributed by atoms with Gasteiger partial charge in [0.2, 0.25) is 0 Å². The van der Waals surface area contributed by atoms with Gasteiger partial charge in [-0.15, -0.1) is 0 Å². The van der Waals surface area contributed by atoms with Gasteiger partial charge in [0.25, 0.3) is 5.91 Å². The summed E-state index contributed by atoms with van der Waals surface area (Å²) in [5.74, 6) is 0.686. The molecule has 1 aliphatic heterocycles. The highest BCUT2D eigenvalue weighted by Crippen LogP contribution is 2.21. The molecule has 2 aromatic carbocycles. The van der Waals surface area contributed by atoms with Gasteiger partial charge in [-0.25, -0.2) is 0 Å². The molecule has 2 aromatic rings. The molecule has 0 bridgehead atoms. The maximum absolute atomic E-state index is 12.8. The van der Waals surface area contributed by atoms with E-state index in [9.17, 15) is 4.79 Å². The van der Waals surface area contributed by atoms with E-state index in [-0.39, 0.29) is 5.91 Å². The summed E-state index contributed by atoms with van der Waals surface area (Å²) in [6, 6.07) is 17.5. The third-order valence-corrected chi connectivity index (χ3v) is 4.67. The monoisotopic (exact) mass is 358 g/mol. The molecule has 0 spiro atoms. The number of benzene rings is 2. The van der Waals surface area contributed by atoms with E-state index in [0.29, 0.717) is 30.3 Å². The highest BCUT2D eigenvalue weighted by molar-refractivity contribution is 6.30. The summed E-state index contributed by atoms with van der Waals surface area (Å²) in [6.45, 7) is 5.06. The average Bonchev–Trinajstić information content (AvgIpc) is 2.66. The molecule has 4 nitrogen and oxygen atoms in total. The molecule has 1 saturated heterocycles. The number of ether oxygens (including phenoxy) is 1. The normalized spacial score (nSPS) is 15.8. The minimum atomic E-state index is -0.471. The quantitative estimate of drug-likeness (QED) is 0.814. The molecular formula is C20H23ClN2O2. The van der Waals surface area contributed by atoms with Crippen molar-refractivity contribution in [1.82, 2.24) is 4.90 Å². The van der Waals surface area contributed by atoms with Gasteiger partial charge in [-0.05, 0) is 36.8 Å².